The van der Waals surface area contributed by atoms with Crippen LogP contribution in [0.5, 0.6) is 11.5 Å². The van der Waals surface area contributed by atoms with Gasteiger partial charge in [0.25, 0.3) is 11.8 Å². The van der Waals surface area contributed by atoms with E-state index in [-0.39, 0.29) is 36.5 Å². The van der Waals surface area contributed by atoms with Crippen LogP contribution in [-0.2, 0) is 6.54 Å². The molecule has 230 valence electrons. The lowest BCUT2D eigenvalue weighted by Gasteiger charge is -2.38. The lowest BCUT2D eigenvalue weighted by molar-refractivity contribution is 0.0343. The van der Waals surface area contributed by atoms with E-state index in [9.17, 15) is 14.7 Å². The highest BCUT2D eigenvalue weighted by atomic mass is 32.1. The van der Waals surface area contributed by atoms with Crippen LogP contribution in [0.1, 0.15) is 40.1 Å². The molecule has 0 fully saturated rings. The number of para-hydroxylation sites is 1. The van der Waals surface area contributed by atoms with Crippen LogP contribution in [-0.4, -0.2) is 77.7 Å². The fourth-order valence-corrected chi connectivity index (χ4v) is 5.94. The number of amides is 2. The summed E-state index contributed by atoms with van der Waals surface area (Å²) in [7, 11) is 3.68. The van der Waals surface area contributed by atoms with E-state index in [1.807, 2.05) is 62.7 Å². The average Bonchev–Trinajstić information content (AvgIpc) is 3.58. The number of anilines is 1. The topological polar surface area (TPSA) is 104 Å². The number of nitrogens with zero attached hydrogens (tertiary/aromatic N) is 3. The summed E-state index contributed by atoms with van der Waals surface area (Å²) in [5, 5.41) is 15.8. The quantitative estimate of drug-likeness (QED) is 0.246. The first kappa shape index (κ1) is 31.2. The van der Waals surface area contributed by atoms with Gasteiger partial charge >= 0.3 is 0 Å². The highest BCUT2D eigenvalue weighted by molar-refractivity contribution is 7.13. The maximum absolute atomic E-state index is 13.8. The van der Waals surface area contributed by atoms with Crippen molar-refractivity contribution in [2.75, 3.05) is 39.2 Å². The van der Waals surface area contributed by atoms with Crippen LogP contribution in [0.4, 0.5) is 5.69 Å². The Hall–Kier alpha value is -4.25. The number of benzene rings is 3. The zero-order chi connectivity index (χ0) is 31.2. The number of ether oxygens (including phenoxy) is 2. The van der Waals surface area contributed by atoms with Crippen molar-refractivity contribution in [2.24, 2.45) is 5.92 Å². The molecule has 4 aromatic rings. The molecule has 9 nitrogen and oxygen atoms in total. The Balaban J connectivity index is 1.42. The summed E-state index contributed by atoms with van der Waals surface area (Å²) in [4.78, 5) is 35.4. The fourth-order valence-electron chi connectivity index (χ4n) is 5.30. The number of aromatic nitrogens is 1. The standard InChI is InChI=1S/C34H38N4O5S/c1-22-18-38(23(2)21-39)34(41)28-6-5-7-29(36-32(40)25-10-12-26(13-11-25)33-35-16-17-44-33)31(28)43-30(22)20-37(3)19-24-8-14-27(42-4)15-9-24/h5-17,22-23,30,39H,18-21H2,1-4H3,(H,36,40)/t22-,23-,30-/m1/s1. The Morgan fingerprint density at radius 1 is 1.18 bits per heavy atom. The lowest BCUT2D eigenvalue weighted by atomic mass is 9.98. The van der Waals surface area contributed by atoms with Crippen molar-refractivity contribution in [3.8, 4) is 22.1 Å². The highest BCUT2D eigenvalue weighted by Gasteiger charge is 2.34. The summed E-state index contributed by atoms with van der Waals surface area (Å²) in [6.45, 7) is 5.40. The summed E-state index contributed by atoms with van der Waals surface area (Å²) in [5.41, 5.74) is 3.30. The first-order valence-corrected chi connectivity index (χ1v) is 15.5. The zero-order valence-corrected chi connectivity index (χ0v) is 26.2. The summed E-state index contributed by atoms with van der Waals surface area (Å²) in [5.74, 6) is 0.500. The molecule has 0 saturated heterocycles. The van der Waals surface area contributed by atoms with Crippen molar-refractivity contribution >= 4 is 28.8 Å². The molecule has 1 aromatic heterocycles. The van der Waals surface area contributed by atoms with E-state index >= 15 is 0 Å². The number of hydrogen-bond acceptors (Lipinski definition) is 8. The minimum Gasteiger partial charge on any atom is -0.497 e. The molecular weight excluding hydrogens is 576 g/mol. The van der Waals surface area contributed by atoms with Gasteiger partial charge in [-0.1, -0.05) is 37.3 Å². The molecule has 1 aliphatic heterocycles. The Morgan fingerprint density at radius 3 is 2.59 bits per heavy atom. The van der Waals surface area contributed by atoms with Crippen LogP contribution in [0.15, 0.2) is 78.3 Å². The first-order chi connectivity index (χ1) is 21.3. The van der Waals surface area contributed by atoms with Crippen LogP contribution in [0.2, 0.25) is 0 Å². The molecule has 44 heavy (non-hydrogen) atoms. The van der Waals surface area contributed by atoms with Crippen molar-refractivity contribution in [3.63, 3.8) is 0 Å². The van der Waals surface area contributed by atoms with Gasteiger partial charge in [0.2, 0.25) is 0 Å². The van der Waals surface area contributed by atoms with Crippen molar-refractivity contribution in [3.05, 3.63) is 95.0 Å². The lowest BCUT2D eigenvalue weighted by Crippen LogP contribution is -2.49. The third-order valence-electron chi connectivity index (χ3n) is 7.87. The Morgan fingerprint density at radius 2 is 1.93 bits per heavy atom. The Labute approximate surface area is 262 Å². The van der Waals surface area contributed by atoms with Crippen LogP contribution >= 0.6 is 11.3 Å². The van der Waals surface area contributed by atoms with Gasteiger partial charge in [-0.2, -0.15) is 0 Å². The number of aliphatic hydroxyl groups excluding tert-OH is 1. The van der Waals surface area contributed by atoms with E-state index in [0.29, 0.717) is 42.2 Å². The van der Waals surface area contributed by atoms with Crippen LogP contribution in [0.3, 0.4) is 0 Å². The Bertz CT molecular complexity index is 1560. The molecule has 2 amide bonds. The molecule has 3 atom stereocenters. The predicted molar refractivity (Wildman–Crippen MR) is 172 cm³/mol. The molecule has 3 aromatic carbocycles. The number of likely N-dealkylation sites (N-methyl/N-ethyl adjacent to an activating group) is 1. The van der Waals surface area contributed by atoms with Gasteiger partial charge in [0.15, 0.2) is 5.75 Å². The van der Waals surface area contributed by atoms with Crippen LogP contribution in [0.25, 0.3) is 10.6 Å². The molecule has 0 spiro atoms. The molecule has 0 unspecified atom stereocenters. The minimum atomic E-state index is -0.386. The molecule has 0 aliphatic carbocycles. The molecule has 0 radical (unpaired) electrons. The molecule has 5 rings (SSSR count). The Kier molecular flexibility index (Phi) is 9.94. The first-order valence-electron chi connectivity index (χ1n) is 14.6. The molecule has 0 saturated carbocycles. The van der Waals surface area contributed by atoms with Gasteiger partial charge < -0.3 is 24.8 Å². The smallest absolute Gasteiger partial charge is 0.258 e. The van der Waals surface area contributed by atoms with Gasteiger partial charge in [-0.05, 0) is 55.9 Å². The van der Waals surface area contributed by atoms with E-state index in [1.165, 1.54) is 11.3 Å². The predicted octanol–water partition coefficient (Wildman–Crippen LogP) is 5.42. The van der Waals surface area contributed by atoms with E-state index < -0.39 is 0 Å². The van der Waals surface area contributed by atoms with Crippen molar-refractivity contribution in [1.82, 2.24) is 14.8 Å². The summed E-state index contributed by atoms with van der Waals surface area (Å²) >= 11 is 1.53. The maximum atomic E-state index is 13.8. The van der Waals surface area contributed by atoms with Crippen LogP contribution in [0, 0.1) is 5.92 Å². The molecular formula is C34H38N4O5S. The van der Waals surface area contributed by atoms with Crippen molar-refractivity contribution in [1.29, 1.82) is 0 Å². The number of methoxy groups -OCH3 is 1. The number of nitrogens with one attached hydrogen (secondary N) is 1. The normalized spacial score (nSPS) is 17.3. The van der Waals surface area contributed by atoms with Gasteiger partial charge in [-0.3, -0.25) is 14.5 Å². The SMILES string of the molecule is COc1ccc(CN(C)C[C@H]2Oc3c(NC(=O)c4ccc(-c5nccs5)cc4)cccc3C(=O)N([C@H](C)CO)C[C@H]2C)cc1. The third-order valence-corrected chi connectivity index (χ3v) is 8.69. The molecule has 2 N–H and O–H groups in total. The number of thiazole rings is 1. The number of hydrogen-bond donors (Lipinski definition) is 2. The molecule has 1 aliphatic rings. The number of carbonyl (C=O) groups is 2. The van der Waals surface area contributed by atoms with Crippen LogP contribution < -0.4 is 14.8 Å². The highest BCUT2D eigenvalue weighted by Crippen LogP contribution is 2.35. The van der Waals surface area contributed by atoms with E-state index in [2.05, 4.69) is 15.2 Å². The van der Waals surface area contributed by atoms with Crippen molar-refractivity contribution in [2.45, 2.75) is 32.5 Å². The largest absolute Gasteiger partial charge is 0.497 e. The van der Waals surface area contributed by atoms with E-state index in [0.717, 1.165) is 21.9 Å². The second-order valence-electron chi connectivity index (χ2n) is 11.2. The molecule has 2 heterocycles. The van der Waals surface area contributed by atoms with Gasteiger partial charge in [-0.15, -0.1) is 11.3 Å². The number of carbonyl (C=O) groups excluding carboxylic acids is 2. The molecule has 10 heteroatoms. The zero-order valence-electron chi connectivity index (χ0n) is 25.4. The molecule has 0 bridgehead atoms. The monoisotopic (exact) mass is 614 g/mol. The minimum absolute atomic E-state index is 0.0680. The second kappa shape index (κ2) is 14.0. The fraction of sp³-hybridized carbons (Fsp3) is 0.324. The number of rotatable bonds is 10. The van der Waals surface area contributed by atoms with Gasteiger partial charge in [0.05, 0.1) is 31.0 Å². The summed E-state index contributed by atoms with van der Waals surface area (Å²) in [6, 6.07) is 20.0. The summed E-state index contributed by atoms with van der Waals surface area (Å²) in [6.07, 6.45) is 1.44. The van der Waals surface area contributed by atoms with E-state index in [4.69, 9.17) is 9.47 Å². The number of aliphatic hydroxyl groups is 1. The maximum Gasteiger partial charge on any atom is 0.258 e. The van der Waals surface area contributed by atoms with Gasteiger partial charge in [0.1, 0.15) is 16.9 Å². The van der Waals surface area contributed by atoms with Gasteiger partial charge in [-0.25, -0.2) is 4.98 Å². The number of fused-ring (bicyclic) bond motifs is 1. The van der Waals surface area contributed by atoms with Crippen molar-refractivity contribution < 1.29 is 24.2 Å². The third kappa shape index (κ3) is 7.10. The van der Waals surface area contributed by atoms with Gasteiger partial charge in [0, 0.05) is 48.3 Å². The average molecular weight is 615 g/mol. The summed E-state index contributed by atoms with van der Waals surface area (Å²) < 4.78 is 12.0. The van der Waals surface area contributed by atoms with E-state index in [1.54, 1.807) is 48.5 Å². The second-order valence-corrected chi connectivity index (χ2v) is 12.1.